The molecule has 0 spiro atoms. The smallest absolute Gasteiger partial charge is 0.391 e. The molecule has 2 amide bonds. The molecule has 2 aliphatic heterocycles. The van der Waals surface area contributed by atoms with Crippen LogP contribution in [0.5, 0.6) is 5.88 Å². The summed E-state index contributed by atoms with van der Waals surface area (Å²) in [6.07, 6.45) is 1.78. The molecule has 1 aromatic carbocycles. The zero-order chi connectivity index (χ0) is 21.5. The van der Waals surface area contributed by atoms with Crippen LogP contribution in [0, 0.1) is 12.7 Å². The zero-order valence-electron chi connectivity index (χ0n) is 17.2. The molecular weight excluding hydrogens is 401 g/mol. The van der Waals surface area contributed by atoms with Crippen LogP contribution in [-0.4, -0.2) is 56.2 Å². The Hall–Kier alpha value is -3.49. The van der Waals surface area contributed by atoms with Crippen LogP contribution in [0.4, 0.5) is 9.18 Å². The lowest BCUT2D eigenvalue weighted by atomic mass is 10.1. The Morgan fingerprint density at radius 2 is 1.90 bits per heavy atom. The number of carbonyl (C=O) groups is 2. The van der Waals surface area contributed by atoms with Crippen LogP contribution in [0.15, 0.2) is 30.3 Å². The second-order valence-corrected chi connectivity index (χ2v) is 7.92. The van der Waals surface area contributed by atoms with Crippen LogP contribution in [0.25, 0.3) is 16.7 Å². The van der Waals surface area contributed by atoms with E-state index in [1.165, 1.54) is 12.1 Å². The van der Waals surface area contributed by atoms with Gasteiger partial charge in [0.1, 0.15) is 5.82 Å². The van der Waals surface area contributed by atoms with Gasteiger partial charge >= 0.3 is 6.09 Å². The number of rotatable bonds is 5. The van der Waals surface area contributed by atoms with Crippen molar-refractivity contribution in [2.45, 2.75) is 32.7 Å². The van der Waals surface area contributed by atoms with E-state index in [9.17, 15) is 14.0 Å². The highest BCUT2D eigenvalue weighted by atomic mass is 19.1. The fourth-order valence-corrected chi connectivity index (χ4v) is 4.15. The predicted octanol–water partition coefficient (Wildman–Crippen LogP) is 3.19. The summed E-state index contributed by atoms with van der Waals surface area (Å²) in [4.78, 5) is 32.3. The van der Waals surface area contributed by atoms with Crippen molar-refractivity contribution < 1.29 is 18.7 Å². The molecular formula is C22H22FN5O3. The Balaban J connectivity index is 1.37. The summed E-state index contributed by atoms with van der Waals surface area (Å²) in [5, 5.41) is 5.39. The highest BCUT2D eigenvalue weighted by Gasteiger charge is 2.28. The molecule has 1 saturated heterocycles. The number of likely N-dealkylation sites (tertiary alicyclic amines) is 1. The number of ether oxygens (including phenoxy) is 1. The van der Waals surface area contributed by atoms with Gasteiger partial charge in [0.25, 0.3) is 0 Å². The Morgan fingerprint density at radius 1 is 1.13 bits per heavy atom. The standard InChI is InChI=1S/C22H22FN5O3/c1-14-18-12-15-13-27(11-3-10-26-9-2-4-19(26)29)22(30)31-21(15)24-20(18)28(25-14)17-7-5-16(23)6-8-17/h5-8,12H,2-4,9-11,13H2,1H3. The number of carbonyl (C=O) groups excluding carboxylic acids is 2. The predicted molar refractivity (Wildman–Crippen MR) is 110 cm³/mol. The van der Waals surface area contributed by atoms with Crippen molar-refractivity contribution in [3.05, 3.63) is 47.4 Å². The van der Waals surface area contributed by atoms with E-state index >= 15 is 0 Å². The van der Waals surface area contributed by atoms with Gasteiger partial charge in [-0.3, -0.25) is 4.79 Å². The fourth-order valence-electron chi connectivity index (χ4n) is 4.15. The monoisotopic (exact) mass is 423 g/mol. The summed E-state index contributed by atoms with van der Waals surface area (Å²) < 4.78 is 20.4. The van der Waals surface area contributed by atoms with Crippen LogP contribution in [-0.2, 0) is 11.3 Å². The first-order valence-corrected chi connectivity index (χ1v) is 10.4. The number of fused-ring (bicyclic) bond motifs is 2. The second-order valence-electron chi connectivity index (χ2n) is 7.92. The van der Waals surface area contributed by atoms with Crippen LogP contribution < -0.4 is 4.74 Å². The first kappa shape index (κ1) is 19.5. The molecule has 2 aliphatic rings. The number of amides is 2. The number of pyridine rings is 1. The molecule has 2 aromatic heterocycles. The van der Waals surface area contributed by atoms with E-state index in [4.69, 9.17) is 4.74 Å². The van der Waals surface area contributed by atoms with E-state index < -0.39 is 6.09 Å². The van der Waals surface area contributed by atoms with Gasteiger partial charge in [-0.2, -0.15) is 10.1 Å². The Kier molecular flexibility index (Phi) is 4.80. The van der Waals surface area contributed by atoms with Gasteiger partial charge < -0.3 is 14.5 Å². The summed E-state index contributed by atoms with van der Waals surface area (Å²) in [6, 6.07) is 7.93. The minimum Gasteiger partial charge on any atom is -0.391 e. The summed E-state index contributed by atoms with van der Waals surface area (Å²) in [5.41, 5.74) is 2.82. The Labute approximate surface area is 178 Å². The van der Waals surface area contributed by atoms with E-state index in [1.807, 2.05) is 17.9 Å². The highest BCUT2D eigenvalue weighted by molar-refractivity contribution is 5.83. The Morgan fingerprint density at radius 3 is 2.65 bits per heavy atom. The molecule has 8 nitrogen and oxygen atoms in total. The van der Waals surface area contributed by atoms with E-state index in [1.54, 1.807) is 21.7 Å². The highest BCUT2D eigenvalue weighted by Crippen LogP contribution is 2.30. The third kappa shape index (κ3) is 3.60. The lowest BCUT2D eigenvalue weighted by Crippen LogP contribution is -2.39. The molecule has 0 unspecified atom stereocenters. The number of benzene rings is 1. The zero-order valence-corrected chi connectivity index (χ0v) is 17.2. The minimum atomic E-state index is -0.448. The number of hydrogen-bond donors (Lipinski definition) is 0. The van der Waals surface area contributed by atoms with E-state index in [0.29, 0.717) is 43.8 Å². The maximum atomic E-state index is 13.3. The lowest BCUT2D eigenvalue weighted by molar-refractivity contribution is -0.127. The van der Waals surface area contributed by atoms with Crippen LogP contribution in [0.1, 0.15) is 30.5 Å². The molecule has 0 bridgehead atoms. The lowest BCUT2D eigenvalue weighted by Gasteiger charge is -2.28. The normalized spacial score (nSPS) is 16.2. The number of aromatic nitrogens is 3. The molecule has 0 radical (unpaired) electrons. The van der Waals surface area contributed by atoms with Gasteiger partial charge in [0.2, 0.25) is 11.8 Å². The number of nitrogens with zero attached hydrogens (tertiary/aromatic N) is 5. The average molecular weight is 423 g/mol. The quantitative estimate of drug-likeness (QED) is 0.630. The second kappa shape index (κ2) is 7.64. The third-order valence-corrected chi connectivity index (χ3v) is 5.78. The molecule has 0 atom stereocenters. The van der Waals surface area contributed by atoms with Gasteiger partial charge in [-0.25, -0.2) is 13.9 Å². The third-order valence-electron chi connectivity index (χ3n) is 5.78. The number of aryl methyl sites for hydroxylation is 1. The van der Waals surface area contributed by atoms with Gasteiger partial charge in [-0.05, 0) is 50.1 Å². The van der Waals surface area contributed by atoms with Crippen molar-refractivity contribution in [1.82, 2.24) is 24.6 Å². The first-order valence-electron chi connectivity index (χ1n) is 10.4. The first-order chi connectivity index (χ1) is 15.0. The maximum absolute atomic E-state index is 13.3. The van der Waals surface area contributed by atoms with E-state index in [0.717, 1.165) is 29.6 Å². The molecule has 31 heavy (non-hydrogen) atoms. The SMILES string of the molecule is Cc1nn(-c2ccc(F)cc2)c2nc3c(cc12)CN(CCCN1CCCC1=O)C(=O)O3. The van der Waals surface area contributed by atoms with Gasteiger partial charge in [0.15, 0.2) is 5.65 Å². The molecule has 3 aromatic rings. The van der Waals surface area contributed by atoms with E-state index in [2.05, 4.69) is 10.1 Å². The van der Waals surface area contributed by atoms with Crippen LogP contribution in [0.2, 0.25) is 0 Å². The van der Waals surface area contributed by atoms with Crippen molar-refractivity contribution in [1.29, 1.82) is 0 Å². The molecule has 5 rings (SSSR count). The molecule has 1 fully saturated rings. The summed E-state index contributed by atoms with van der Waals surface area (Å²) in [6.45, 7) is 4.23. The van der Waals surface area contributed by atoms with Crippen LogP contribution in [0.3, 0.4) is 0 Å². The number of hydrogen-bond acceptors (Lipinski definition) is 5. The van der Waals surface area contributed by atoms with Gasteiger partial charge in [-0.15, -0.1) is 0 Å². The van der Waals surface area contributed by atoms with Crippen LogP contribution >= 0.6 is 0 Å². The molecule has 9 heteroatoms. The molecule has 0 N–H and O–H groups in total. The van der Waals surface area contributed by atoms with Crippen molar-refractivity contribution in [2.24, 2.45) is 0 Å². The minimum absolute atomic E-state index is 0.187. The van der Waals surface area contributed by atoms with Crippen molar-refractivity contribution >= 4 is 23.0 Å². The fraction of sp³-hybridized carbons (Fsp3) is 0.364. The van der Waals surface area contributed by atoms with E-state index in [-0.39, 0.29) is 17.6 Å². The van der Waals surface area contributed by atoms with Crippen molar-refractivity contribution in [3.63, 3.8) is 0 Å². The van der Waals surface area contributed by atoms with Crippen molar-refractivity contribution in [3.8, 4) is 11.6 Å². The largest absolute Gasteiger partial charge is 0.416 e. The topological polar surface area (TPSA) is 80.6 Å². The van der Waals surface area contributed by atoms with Crippen molar-refractivity contribution in [2.75, 3.05) is 19.6 Å². The Bertz CT molecular complexity index is 1170. The average Bonchev–Trinajstić information content (AvgIpc) is 3.30. The number of halogens is 1. The van der Waals surface area contributed by atoms with Gasteiger partial charge in [-0.1, -0.05) is 0 Å². The summed E-state index contributed by atoms with van der Waals surface area (Å²) in [5.74, 6) is 0.129. The maximum Gasteiger partial charge on any atom is 0.416 e. The molecule has 0 saturated carbocycles. The van der Waals surface area contributed by atoms with Gasteiger partial charge in [0.05, 0.1) is 17.9 Å². The van der Waals surface area contributed by atoms with Gasteiger partial charge in [0, 0.05) is 37.0 Å². The molecule has 160 valence electrons. The molecule has 4 heterocycles. The summed E-state index contributed by atoms with van der Waals surface area (Å²) in [7, 11) is 0. The summed E-state index contributed by atoms with van der Waals surface area (Å²) >= 11 is 0. The molecule has 0 aliphatic carbocycles.